The maximum absolute atomic E-state index is 11.9. The molecule has 0 aliphatic rings. The van der Waals surface area contributed by atoms with Gasteiger partial charge in [0.15, 0.2) is 0 Å². The molecule has 0 spiro atoms. The van der Waals surface area contributed by atoms with Crippen molar-refractivity contribution >= 4 is 10.5 Å². The number of halogens is 1. The smallest absolute Gasteiger partial charge is 0.146 e. The SMILES string of the molecule is C=CC(F)CO[SiH3]. The number of hydrogen-bond donors (Lipinski definition) is 0. The zero-order chi connectivity index (χ0) is 5.70. The second-order valence-electron chi connectivity index (χ2n) is 1.21. The van der Waals surface area contributed by atoms with E-state index in [1.54, 1.807) is 0 Å². The van der Waals surface area contributed by atoms with Gasteiger partial charge in [-0.2, -0.15) is 0 Å². The fourth-order valence-corrected chi connectivity index (χ4v) is 0.546. The highest BCUT2D eigenvalue weighted by molar-refractivity contribution is 5.97. The predicted octanol–water partition coefficient (Wildman–Crippen LogP) is -0.193. The molecular formula is C4H9FOSi. The first-order valence-corrected chi connectivity index (χ1v) is 2.88. The van der Waals surface area contributed by atoms with Gasteiger partial charge in [-0.1, -0.05) is 6.08 Å². The Morgan fingerprint density at radius 2 is 2.57 bits per heavy atom. The van der Waals surface area contributed by atoms with Crippen molar-refractivity contribution in [1.82, 2.24) is 0 Å². The zero-order valence-corrected chi connectivity index (χ0v) is 6.36. The fourth-order valence-electron chi connectivity index (χ4n) is 0.227. The molecule has 0 aromatic carbocycles. The van der Waals surface area contributed by atoms with Crippen LogP contribution < -0.4 is 0 Å². The minimum atomic E-state index is -0.975. The highest BCUT2D eigenvalue weighted by atomic mass is 28.2. The van der Waals surface area contributed by atoms with E-state index in [4.69, 9.17) is 0 Å². The Morgan fingerprint density at radius 3 is 2.71 bits per heavy atom. The van der Waals surface area contributed by atoms with E-state index < -0.39 is 6.17 Å². The molecule has 0 aromatic heterocycles. The van der Waals surface area contributed by atoms with Crippen LogP contribution in [0.4, 0.5) is 4.39 Å². The quantitative estimate of drug-likeness (QED) is 0.370. The van der Waals surface area contributed by atoms with Crippen LogP contribution in [0.1, 0.15) is 0 Å². The van der Waals surface area contributed by atoms with Crippen LogP contribution in [0.2, 0.25) is 0 Å². The highest BCUT2D eigenvalue weighted by Crippen LogP contribution is 1.88. The molecule has 0 heterocycles. The normalized spacial score (nSPS) is 13.9. The van der Waals surface area contributed by atoms with Crippen molar-refractivity contribution < 1.29 is 8.82 Å². The first kappa shape index (κ1) is 6.85. The van der Waals surface area contributed by atoms with Crippen molar-refractivity contribution in [2.24, 2.45) is 0 Å². The van der Waals surface area contributed by atoms with Gasteiger partial charge < -0.3 is 4.43 Å². The molecule has 0 aliphatic carbocycles. The van der Waals surface area contributed by atoms with Gasteiger partial charge in [-0.3, -0.25) is 0 Å². The summed E-state index contributed by atoms with van der Waals surface area (Å²) in [5.74, 6) is 0. The van der Waals surface area contributed by atoms with Gasteiger partial charge in [0, 0.05) is 0 Å². The lowest BCUT2D eigenvalue weighted by molar-refractivity contribution is 0.245. The van der Waals surface area contributed by atoms with E-state index in [0.717, 1.165) is 0 Å². The van der Waals surface area contributed by atoms with Crippen molar-refractivity contribution in [3.8, 4) is 0 Å². The van der Waals surface area contributed by atoms with E-state index >= 15 is 0 Å². The largest absolute Gasteiger partial charge is 0.425 e. The number of alkyl halides is 1. The molecule has 1 atom stereocenters. The lowest BCUT2D eigenvalue weighted by Gasteiger charge is -1.96. The molecule has 0 rings (SSSR count). The molecule has 1 unspecified atom stereocenters. The minimum Gasteiger partial charge on any atom is -0.425 e. The maximum Gasteiger partial charge on any atom is 0.146 e. The molecule has 0 aromatic rings. The van der Waals surface area contributed by atoms with Gasteiger partial charge in [0.05, 0.1) is 6.61 Å². The molecule has 42 valence electrons. The molecular weight excluding hydrogens is 111 g/mol. The van der Waals surface area contributed by atoms with E-state index in [0.29, 0.717) is 10.5 Å². The van der Waals surface area contributed by atoms with Crippen molar-refractivity contribution in [3.05, 3.63) is 12.7 Å². The predicted molar refractivity (Wildman–Crippen MR) is 31.0 cm³/mol. The van der Waals surface area contributed by atoms with Gasteiger partial charge in [-0.15, -0.1) is 6.58 Å². The second-order valence-corrected chi connectivity index (χ2v) is 1.78. The third-order valence-electron chi connectivity index (χ3n) is 0.582. The summed E-state index contributed by atoms with van der Waals surface area (Å²) in [5.41, 5.74) is 0. The van der Waals surface area contributed by atoms with Crippen LogP contribution in [0, 0.1) is 0 Å². The summed E-state index contributed by atoms with van der Waals surface area (Å²) in [5, 5.41) is 0. The lowest BCUT2D eigenvalue weighted by Crippen LogP contribution is -2.03. The van der Waals surface area contributed by atoms with E-state index in [9.17, 15) is 4.39 Å². The molecule has 0 radical (unpaired) electrons. The first-order valence-electron chi connectivity index (χ1n) is 2.06. The molecule has 0 fully saturated rings. The number of hydrogen-bond acceptors (Lipinski definition) is 1. The summed E-state index contributed by atoms with van der Waals surface area (Å²) in [6.07, 6.45) is 0.259. The van der Waals surface area contributed by atoms with Gasteiger partial charge >= 0.3 is 0 Å². The third-order valence-corrected chi connectivity index (χ3v) is 0.915. The molecule has 0 N–H and O–H groups in total. The maximum atomic E-state index is 11.9. The second kappa shape index (κ2) is 4.02. The molecule has 0 bridgehead atoms. The minimum absolute atomic E-state index is 0.176. The Labute approximate surface area is 45.7 Å². The molecule has 0 aliphatic heterocycles. The Kier molecular flexibility index (Phi) is 3.93. The van der Waals surface area contributed by atoms with Crippen LogP contribution >= 0.6 is 0 Å². The molecule has 0 saturated carbocycles. The Hall–Kier alpha value is -0.153. The first-order chi connectivity index (χ1) is 3.31. The van der Waals surface area contributed by atoms with Crippen LogP contribution in [-0.2, 0) is 4.43 Å². The van der Waals surface area contributed by atoms with Crippen molar-refractivity contribution in [3.63, 3.8) is 0 Å². The average molecular weight is 120 g/mol. The van der Waals surface area contributed by atoms with Gasteiger partial charge in [0.1, 0.15) is 16.7 Å². The summed E-state index contributed by atoms with van der Waals surface area (Å²) in [4.78, 5) is 0. The van der Waals surface area contributed by atoms with Crippen molar-refractivity contribution in [2.75, 3.05) is 6.61 Å². The Balaban J connectivity index is 2.98. The van der Waals surface area contributed by atoms with E-state index in [1.165, 1.54) is 6.08 Å². The topological polar surface area (TPSA) is 9.23 Å². The van der Waals surface area contributed by atoms with Crippen molar-refractivity contribution in [2.45, 2.75) is 6.17 Å². The van der Waals surface area contributed by atoms with Gasteiger partial charge in [0.2, 0.25) is 0 Å². The van der Waals surface area contributed by atoms with Gasteiger partial charge in [-0.25, -0.2) is 4.39 Å². The summed E-state index contributed by atoms with van der Waals surface area (Å²) in [6, 6.07) is 0. The number of rotatable bonds is 3. The molecule has 0 saturated heterocycles. The molecule has 1 nitrogen and oxygen atoms in total. The standard InChI is InChI=1S/C4H9FOSi/c1-2-4(5)3-6-7/h2,4H,1,3H2,7H3. The summed E-state index contributed by atoms with van der Waals surface area (Å²) in [7, 11) is 0.604. The lowest BCUT2D eigenvalue weighted by atomic mass is 10.4. The van der Waals surface area contributed by atoms with Gasteiger partial charge in [-0.05, 0) is 0 Å². The summed E-state index contributed by atoms with van der Waals surface area (Å²) < 4.78 is 16.5. The summed E-state index contributed by atoms with van der Waals surface area (Å²) >= 11 is 0. The fraction of sp³-hybridized carbons (Fsp3) is 0.500. The van der Waals surface area contributed by atoms with Crippen LogP contribution in [0.3, 0.4) is 0 Å². The van der Waals surface area contributed by atoms with Crippen molar-refractivity contribution in [1.29, 1.82) is 0 Å². The molecule has 3 heteroatoms. The van der Waals surface area contributed by atoms with E-state index in [-0.39, 0.29) is 6.61 Å². The van der Waals surface area contributed by atoms with Crippen LogP contribution in [0.25, 0.3) is 0 Å². The van der Waals surface area contributed by atoms with Crippen LogP contribution in [-0.4, -0.2) is 23.3 Å². The Bertz CT molecular complexity index is 57.7. The van der Waals surface area contributed by atoms with Gasteiger partial charge in [0.25, 0.3) is 0 Å². The summed E-state index contributed by atoms with van der Waals surface area (Å²) in [6.45, 7) is 3.42. The third kappa shape index (κ3) is 3.68. The van der Waals surface area contributed by atoms with E-state index in [1.807, 2.05) is 0 Å². The average Bonchev–Trinajstić information content (AvgIpc) is 1.68. The zero-order valence-electron chi connectivity index (χ0n) is 4.36. The monoisotopic (exact) mass is 120 g/mol. The molecule has 7 heavy (non-hydrogen) atoms. The highest BCUT2D eigenvalue weighted by Gasteiger charge is 1.94. The Morgan fingerprint density at radius 1 is 2.00 bits per heavy atom. The van der Waals surface area contributed by atoms with Crippen LogP contribution in [0.15, 0.2) is 12.7 Å². The van der Waals surface area contributed by atoms with E-state index in [2.05, 4.69) is 11.0 Å². The van der Waals surface area contributed by atoms with Crippen LogP contribution in [0.5, 0.6) is 0 Å². The molecule has 0 amide bonds.